The van der Waals surface area contributed by atoms with Crippen molar-refractivity contribution in [3.05, 3.63) is 42.0 Å². The van der Waals surface area contributed by atoms with Crippen LogP contribution >= 0.6 is 0 Å². The summed E-state index contributed by atoms with van der Waals surface area (Å²) in [6, 6.07) is 6.10. The summed E-state index contributed by atoms with van der Waals surface area (Å²) in [5, 5.41) is 0. The van der Waals surface area contributed by atoms with Crippen molar-refractivity contribution < 1.29 is 4.74 Å². The highest BCUT2D eigenvalue weighted by Gasteiger charge is 2.13. The van der Waals surface area contributed by atoms with E-state index >= 15 is 0 Å². The molecule has 2 nitrogen and oxygen atoms in total. The lowest BCUT2D eigenvalue weighted by atomic mass is 9.97. The molecule has 0 amide bonds. The van der Waals surface area contributed by atoms with Crippen LogP contribution in [0.25, 0.3) is 5.57 Å². The van der Waals surface area contributed by atoms with Gasteiger partial charge in [-0.2, -0.15) is 0 Å². The summed E-state index contributed by atoms with van der Waals surface area (Å²) in [4.78, 5) is 4.44. The van der Waals surface area contributed by atoms with E-state index in [0.717, 1.165) is 24.3 Å². The molecule has 0 radical (unpaired) electrons. The van der Waals surface area contributed by atoms with E-state index in [4.69, 9.17) is 4.74 Å². The number of hydrogen-bond donors (Lipinski definition) is 0. The topological polar surface area (TPSA) is 21.6 Å². The first-order valence-electron chi connectivity index (χ1n) is 5.60. The molecule has 2 heteroatoms. The van der Waals surface area contributed by atoms with Gasteiger partial charge in [-0.05, 0) is 24.5 Å². The summed E-state index contributed by atoms with van der Waals surface area (Å²) in [6.07, 6.45) is 10.7. The lowest BCUT2D eigenvalue weighted by Gasteiger charge is -2.16. The van der Waals surface area contributed by atoms with Crippen molar-refractivity contribution in [1.82, 2.24) is 0 Å². The Hall–Kier alpha value is -1.83. The highest BCUT2D eigenvalue weighted by molar-refractivity contribution is 5.86. The van der Waals surface area contributed by atoms with Crippen LogP contribution in [-0.2, 0) is 0 Å². The first-order chi connectivity index (χ1) is 7.95. The first-order valence-corrected chi connectivity index (χ1v) is 5.60. The molecule has 80 valence electrons. The van der Waals surface area contributed by atoms with Crippen molar-refractivity contribution in [2.75, 3.05) is 6.61 Å². The number of allylic oxidation sites excluding steroid dienone is 4. The minimum atomic E-state index is 0.575. The molecule has 0 aromatic heterocycles. The van der Waals surface area contributed by atoms with E-state index in [1.54, 1.807) is 0 Å². The van der Waals surface area contributed by atoms with Gasteiger partial charge in [-0.3, -0.25) is 4.99 Å². The zero-order valence-corrected chi connectivity index (χ0v) is 9.02. The monoisotopic (exact) mass is 211 g/mol. The number of ether oxygens (including phenoxy) is 1. The number of hydrogen-bond acceptors (Lipinski definition) is 2. The highest BCUT2D eigenvalue weighted by Crippen LogP contribution is 2.38. The molecule has 1 aromatic carbocycles. The van der Waals surface area contributed by atoms with Gasteiger partial charge in [0.05, 0.1) is 0 Å². The Labute approximate surface area is 95.0 Å². The molecule has 1 aliphatic carbocycles. The van der Waals surface area contributed by atoms with Crippen LogP contribution in [0.4, 0.5) is 5.69 Å². The van der Waals surface area contributed by atoms with E-state index in [1.807, 2.05) is 18.3 Å². The summed E-state index contributed by atoms with van der Waals surface area (Å²) in [5.41, 5.74) is 3.39. The molecule has 0 fully saturated rings. The van der Waals surface area contributed by atoms with E-state index in [-0.39, 0.29) is 0 Å². The third-order valence-corrected chi connectivity index (χ3v) is 2.84. The predicted octanol–water partition coefficient (Wildman–Crippen LogP) is 3.51. The highest BCUT2D eigenvalue weighted by atomic mass is 16.5. The molecular formula is C14H13NO. The maximum absolute atomic E-state index is 5.55. The van der Waals surface area contributed by atoms with Crippen molar-refractivity contribution in [1.29, 1.82) is 0 Å². The zero-order chi connectivity index (χ0) is 10.8. The molecule has 0 atom stereocenters. The molecule has 3 rings (SSSR count). The fraction of sp³-hybridized carbons (Fsp3) is 0.214. The van der Waals surface area contributed by atoms with Gasteiger partial charge in [0.25, 0.3) is 0 Å². The van der Waals surface area contributed by atoms with E-state index in [9.17, 15) is 0 Å². The normalized spacial score (nSPS) is 17.6. The van der Waals surface area contributed by atoms with Gasteiger partial charge >= 0.3 is 0 Å². The first kappa shape index (κ1) is 9.40. The number of nitrogens with zero attached hydrogens (tertiary/aromatic N) is 1. The van der Waals surface area contributed by atoms with Crippen molar-refractivity contribution in [2.24, 2.45) is 4.99 Å². The second-order valence-corrected chi connectivity index (χ2v) is 3.91. The summed E-state index contributed by atoms with van der Waals surface area (Å²) >= 11 is 0. The van der Waals surface area contributed by atoms with E-state index in [0.29, 0.717) is 6.61 Å². The van der Waals surface area contributed by atoms with Crippen molar-refractivity contribution in [2.45, 2.75) is 12.8 Å². The standard InChI is InChI=1S/C14H13NO/c1-2-5-11(6-3-1)12-7-4-8-13-14(12)15-9-10-16-13/h2,4-9H,1,3,10H2. The fourth-order valence-electron chi connectivity index (χ4n) is 2.07. The van der Waals surface area contributed by atoms with Crippen LogP contribution in [0, 0.1) is 0 Å². The molecule has 1 aromatic rings. The van der Waals surface area contributed by atoms with Gasteiger partial charge in [-0.15, -0.1) is 0 Å². The summed E-state index contributed by atoms with van der Waals surface area (Å²) in [6.45, 7) is 0.575. The molecule has 0 bridgehead atoms. The summed E-state index contributed by atoms with van der Waals surface area (Å²) < 4.78 is 5.55. The Kier molecular flexibility index (Phi) is 2.33. The van der Waals surface area contributed by atoms with Crippen molar-refractivity contribution in [3.63, 3.8) is 0 Å². The smallest absolute Gasteiger partial charge is 0.146 e. The molecule has 0 saturated carbocycles. The Balaban J connectivity index is 2.11. The molecule has 1 aliphatic heterocycles. The second kappa shape index (κ2) is 3.97. The molecule has 16 heavy (non-hydrogen) atoms. The molecule has 0 N–H and O–H groups in total. The largest absolute Gasteiger partial charge is 0.486 e. The molecule has 0 unspecified atom stereocenters. The summed E-state index contributed by atoms with van der Waals surface area (Å²) in [5.74, 6) is 0.889. The molecule has 0 saturated heterocycles. The number of benzene rings is 1. The van der Waals surface area contributed by atoms with Gasteiger partial charge < -0.3 is 4.74 Å². The van der Waals surface area contributed by atoms with E-state index < -0.39 is 0 Å². The predicted molar refractivity (Wildman–Crippen MR) is 66.4 cm³/mol. The number of para-hydroxylation sites is 1. The summed E-state index contributed by atoms with van der Waals surface area (Å²) in [7, 11) is 0. The van der Waals surface area contributed by atoms with Gasteiger partial charge in [0, 0.05) is 11.8 Å². The van der Waals surface area contributed by atoms with Crippen molar-refractivity contribution in [3.8, 4) is 5.75 Å². The molecule has 2 aliphatic rings. The maximum Gasteiger partial charge on any atom is 0.146 e. The van der Waals surface area contributed by atoms with Gasteiger partial charge in [-0.1, -0.05) is 30.4 Å². The zero-order valence-electron chi connectivity index (χ0n) is 9.02. The van der Waals surface area contributed by atoms with Crippen LogP contribution in [0.3, 0.4) is 0 Å². The Morgan fingerprint density at radius 1 is 1.19 bits per heavy atom. The van der Waals surface area contributed by atoms with Gasteiger partial charge in [0.1, 0.15) is 18.0 Å². The van der Waals surface area contributed by atoms with Crippen LogP contribution < -0.4 is 4.74 Å². The van der Waals surface area contributed by atoms with Crippen LogP contribution in [0.15, 0.2) is 41.4 Å². The molecule has 0 spiro atoms. The molecular weight excluding hydrogens is 198 g/mol. The Morgan fingerprint density at radius 3 is 3.06 bits per heavy atom. The van der Waals surface area contributed by atoms with Crippen LogP contribution in [0.2, 0.25) is 0 Å². The quantitative estimate of drug-likeness (QED) is 0.696. The number of aliphatic imine (C=N–C) groups is 1. The average Bonchev–Trinajstić information content (AvgIpc) is 2.39. The van der Waals surface area contributed by atoms with Crippen LogP contribution in [-0.4, -0.2) is 12.8 Å². The number of fused-ring (bicyclic) bond motifs is 1. The second-order valence-electron chi connectivity index (χ2n) is 3.91. The van der Waals surface area contributed by atoms with Gasteiger partial charge in [0.2, 0.25) is 0 Å². The Bertz CT molecular complexity index is 497. The van der Waals surface area contributed by atoms with Gasteiger partial charge in [0.15, 0.2) is 0 Å². The van der Waals surface area contributed by atoms with Crippen molar-refractivity contribution >= 4 is 17.5 Å². The van der Waals surface area contributed by atoms with Gasteiger partial charge in [-0.25, -0.2) is 0 Å². The van der Waals surface area contributed by atoms with E-state index in [1.165, 1.54) is 11.1 Å². The lowest BCUT2D eigenvalue weighted by molar-refractivity contribution is 0.377. The number of rotatable bonds is 1. The fourth-order valence-corrected chi connectivity index (χ4v) is 2.07. The third kappa shape index (κ3) is 1.56. The Morgan fingerprint density at radius 2 is 2.19 bits per heavy atom. The maximum atomic E-state index is 5.55. The minimum absolute atomic E-state index is 0.575. The van der Waals surface area contributed by atoms with Crippen LogP contribution in [0.1, 0.15) is 18.4 Å². The minimum Gasteiger partial charge on any atom is -0.486 e. The van der Waals surface area contributed by atoms with E-state index in [2.05, 4.69) is 29.3 Å². The third-order valence-electron chi connectivity index (χ3n) is 2.84. The average molecular weight is 211 g/mol. The SMILES string of the molecule is C1=CC(c2cccc3c2N=CCO3)=CCC1. The lowest BCUT2D eigenvalue weighted by Crippen LogP contribution is -2.04. The molecule has 1 heterocycles. The van der Waals surface area contributed by atoms with Crippen LogP contribution in [0.5, 0.6) is 5.75 Å².